The highest BCUT2D eigenvalue weighted by molar-refractivity contribution is 7.98. The third-order valence-corrected chi connectivity index (χ3v) is 7.95. The van der Waals surface area contributed by atoms with Gasteiger partial charge in [0, 0.05) is 23.3 Å². The lowest BCUT2D eigenvalue weighted by Crippen LogP contribution is -2.40. The molecule has 1 fully saturated rings. The summed E-state index contributed by atoms with van der Waals surface area (Å²) in [6, 6.07) is 17.1. The van der Waals surface area contributed by atoms with Gasteiger partial charge in [-0.05, 0) is 44.2 Å². The van der Waals surface area contributed by atoms with Gasteiger partial charge in [0.2, 0.25) is 0 Å². The molecule has 2 aliphatic carbocycles. The van der Waals surface area contributed by atoms with Crippen LogP contribution < -0.4 is 5.56 Å². The minimum absolute atomic E-state index is 0.0651. The number of thioether (sulfide) groups is 1. The van der Waals surface area contributed by atoms with Gasteiger partial charge in [-0.25, -0.2) is 4.98 Å². The highest BCUT2D eigenvalue weighted by atomic mass is 32.2. The molecule has 1 spiro atoms. The van der Waals surface area contributed by atoms with E-state index in [2.05, 4.69) is 62.0 Å². The fourth-order valence-electron chi connectivity index (χ4n) is 5.51. The first-order chi connectivity index (χ1) is 15.5. The number of aryl methyl sites for hydroxylation is 1. The van der Waals surface area contributed by atoms with Gasteiger partial charge in [0.1, 0.15) is 0 Å². The molecule has 2 aromatic carbocycles. The predicted molar refractivity (Wildman–Crippen MR) is 133 cm³/mol. The molecule has 1 saturated carbocycles. The Morgan fingerprint density at radius 3 is 2.69 bits per heavy atom. The zero-order valence-corrected chi connectivity index (χ0v) is 19.8. The summed E-state index contributed by atoms with van der Waals surface area (Å²) >= 11 is 1.65. The average Bonchev–Trinajstić information content (AvgIpc) is 3.22. The highest BCUT2D eigenvalue weighted by Crippen LogP contribution is 2.50. The van der Waals surface area contributed by atoms with Gasteiger partial charge >= 0.3 is 0 Å². The molecule has 32 heavy (non-hydrogen) atoms. The summed E-state index contributed by atoms with van der Waals surface area (Å²) in [4.78, 5) is 19.3. The number of hydrogen-bond donors (Lipinski definition) is 0. The van der Waals surface area contributed by atoms with E-state index in [1.807, 2.05) is 11.5 Å². The quantitative estimate of drug-likeness (QED) is 0.258. The zero-order chi connectivity index (χ0) is 22.3. The van der Waals surface area contributed by atoms with Gasteiger partial charge < -0.3 is 0 Å². The Labute approximate surface area is 194 Å². The van der Waals surface area contributed by atoms with E-state index >= 15 is 0 Å². The Balaban J connectivity index is 1.67. The minimum atomic E-state index is -0.0651. The topological polar surface area (TPSA) is 34.9 Å². The maximum absolute atomic E-state index is 14.1. The molecule has 164 valence electrons. The molecule has 5 rings (SSSR count). The predicted octanol–water partition coefficient (Wildman–Crippen LogP) is 6.46. The van der Waals surface area contributed by atoms with Crippen molar-refractivity contribution in [2.45, 2.75) is 68.8 Å². The van der Waals surface area contributed by atoms with E-state index in [-0.39, 0.29) is 11.0 Å². The zero-order valence-electron chi connectivity index (χ0n) is 19.0. The highest BCUT2D eigenvalue weighted by Gasteiger charge is 2.44. The molecule has 0 saturated heterocycles. The molecule has 1 heterocycles. The van der Waals surface area contributed by atoms with Crippen LogP contribution in [0.3, 0.4) is 0 Å². The summed E-state index contributed by atoms with van der Waals surface area (Å²) < 4.78 is 1.88. The lowest BCUT2D eigenvalue weighted by Gasteiger charge is -2.36. The molecular formula is C28H30N2OS. The number of nitrogens with zero attached hydrogens (tertiary/aromatic N) is 2. The van der Waals surface area contributed by atoms with E-state index in [4.69, 9.17) is 4.98 Å². The van der Waals surface area contributed by atoms with Crippen molar-refractivity contribution in [1.82, 2.24) is 9.55 Å². The third kappa shape index (κ3) is 3.75. The van der Waals surface area contributed by atoms with Crippen LogP contribution in [-0.4, -0.2) is 9.55 Å². The van der Waals surface area contributed by atoms with E-state index in [0.717, 1.165) is 52.6 Å². The van der Waals surface area contributed by atoms with Gasteiger partial charge in [0.05, 0.1) is 11.3 Å². The van der Waals surface area contributed by atoms with E-state index in [0.29, 0.717) is 6.54 Å². The van der Waals surface area contributed by atoms with E-state index in [1.54, 1.807) is 11.8 Å². The first kappa shape index (κ1) is 21.3. The van der Waals surface area contributed by atoms with E-state index < -0.39 is 0 Å². The lowest BCUT2D eigenvalue weighted by atomic mass is 9.68. The van der Waals surface area contributed by atoms with Crippen molar-refractivity contribution in [2.75, 3.05) is 0 Å². The van der Waals surface area contributed by atoms with Crippen LogP contribution in [-0.2, 0) is 24.1 Å². The van der Waals surface area contributed by atoms with Crippen LogP contribution in [0.4, 0.5) is 0 Å². The maximum Gasteiger partial charge on any atom is 0.258 e. The average molecular weight is 443 g/mol. The SMILES string of the molecule is C=C(C)Cn1c(SCc2cccc(C)c2)nc2c(c1=O)C1(CCCC1)Cc1ccccc1-2. The minimum Gasteiger partial charge on any atom is -0.283 e. The van der Waals surface area contributed by atoms with Gasteiger partial charge in [-0.2, -0.15) is 0 Å². The number of hydrogen-bond acceptors (Lipinski definition) is 3. The summed E-state index contributed by atoms with van der Waals surface area (Å²) in [5.41, 5.74) is 7.89. The summed E-state index contributed by atoms with van der Waals surface area (Å²) in [7, 11) is 0. The Bertz CT molecular complexity index is 1250. The van der Waals surface area contributed by atoms with Crippen LogP contribution in [0, 0.1) is 6.92 Å². The largest absolute Gasteiger partial charge is 0.283 e. The van der Waals surface area contributed by atoms with Gasteiger partial charge in [-0.3, -0.25) is 9.36 Å². The monoisotopic (exact) mass is 442 g/mol. The van der Waals surface area contributed by atoms with Gasteiger partial charge in [0.15, 0.2) is 5.16 Å². The number of rotatable bonds is 5. The molecule has 3 aromatic rings. The molecule has 2 aliphatic rings. The Hall–Kier alpha value is -2.59. The van der Waals surface area contributed by atoms with Crippen LogP contribution >= 0.6 is 11.8 Å². The van der Waals surface area contributed by atoms with E-state index in [1.165, 1.54) is 29.5 Å². The van der Waals surface area contributed by atoms with Crippen molar-refractivity contribution in [1.29, 1.82) is 0 Å². The molecule has 0 atom stereocenters. The van der Waals surface area contributed by atoms with Crippen molar-refractivity contribution in [3.05, 3.63) is 93.3 Å². The maximum atomic E-state index is 14.1. The molecule has 0 radical (unpaired) electrons. The Morgan fingerprint density at radius 1 is 1.16 bits per heavy atom. The number of aromatic nitrogens is 2. The second-order valence-corrected chi connectivity index (χ2v) is 10.5. The van der Waals surface area contributed by atoms with Crippen molar-refractivity contribution < 1.29 is 0 Å². The van der Waals surface area contributed by atoms with E-state index in [9.17, 15) is 4.79 Å². The summed E-state index contributed by atoms with van der Waals surface area (Å²) in [5, 5.41) is 0.795. The molecule has 0 N–H and O–H groups in total. The number of allylic oxidation sites excluding steroid dienone is 1. The van der Waals surface area contributed by atoms with Crippen molar-refractivity contribution in [3.8, 4) is 11.3 Å². The molecule has 0 aliphatic heterocycles. The molecule has 0 unspecified atom stereocenters. The van der Waals surface area contributed by atoms with Crippen LogP contribution in [0.1, 0.15) is 54.9 Å². The van der Waals surface area contributed by atoms with Crippen LogP contribution in [0.25, 0.3) is 11.3 Å². The molecule has 4 heteroatoms. The van der Waals surface area contributed by atoms with Gasteiger partial charge in [0.25, 0.3) is 5.56 Å². The molecular weight excluding hydrogens is 412 g/mol. The van der Waals surface area contributed by atoms with Crippen molar-refractivity contribution in [2.24, 2.45) is 0 Å². The summed E-state index contributed by atoms with van der Waals surface area (Å²) in [6.45, 7) is 8.72. The standard InChI is InChI=1S/C28H30N2OS/c1-19(2)17-30-26(31)24-25(29-27(30)32-18-21-10-8-9-20(3)15-21)23-12-5-4-11-22(23)16-28(24)13-6-7-14-28/h4-5,8-12,15H,1,6-7,13-14,16-18H2,2-3H3. The molecule has 0 amide bonds. The number of benzene rings is 2. The smallest absolute Gasteiger partial charge is 0.258 e. The fraction of sp³-hybridized carbons (Fsp3) is 0.357. The van der Waals surface area contributed by atoms with Gasteiger partial charge in [-0.1, -0.05) is 90.8 Å². The summed E-state index contributed by atoms with van der Waals surface area (Å²) in [5.74, 6) is 0.788. The van der Waals surface area contributed by atoms with Gasteiger partial charge in [-0.15, -0.1) is 0 Å². The normalized spacial score (nSPS) is 16.1. The van der Waals surface area contributed by atoms with Crippen LogP contribution in [0.5, 0.6) is 0 Å². The second kappa shape index (κ2) is 8.40. The first-order valence-electron chi connectivity index (χ1n) is 11.5. The number of fused-ring (bicyclic) bond motifs is 4. The first-order valence-corrected chi connectivity index (χ1v) is 12.5. The lowest BCUT2D eigenvalue weighted by molar-refractivity contribution is 0.417. The van der Waals surface area contributed by atoms with Crippen molar-refractivity contribution in [3.63, 3.8) is 0 Å². The second-order valence-electron chi connectivity index (χ2n) is 9.57. The fourth-order valence-corrected chi connectivity index (χ4v) is 6.45. The summed E-state index contributed by atoms with van der Waals surface area (Å²) in [6.07, 6.45) is 5.48. The van der Waals surface area contributed by atoms with Crippen molar-refractivity contribution >= 4 is 11.8 Å². The molecule has 0 bridgehead atoms. The van der Waals surface area contributed by atoms with Crippen LogP contribution in [0.15, 0.2) is 70.6 Å². The molecule has 1 aromatic heterocycles. The third-order valence-electron chi connectivity index (χ3n) is 6.90. The Kier molecular flexibility index (Phi) is 5.58. The van der Waals surface area contributed by atoms with Crippen LogP contribution in [0.2, 0.25) is 0 Å². The Morgan fingerprint density at radius 2 is 1.94 bits per heavy atom. The molecule has 3 nitrogen and oxygen atoms in total.